The van der Waals surface area contributed by atoms with Crippen LogP contribution in [0.15, 0.2) is 115 Å². The topological polar surface area (TPSA) is 18.5 Å². The number of hydrogen-bond acceptors (Lipinski definition) is 2. The first-order chi connectivity index (χ1) is 13.9. The molecule has 2 heteroatoms. The van der Waals surface area contributed by atoms with Crippen molar-refractivity contribution in [1.29, 1.82) is 0 Å². The minimum absolute atomic E-state index is 0.0735. The van der Waals surface area contributed by atoms with Crippen molar-refractivity contribution in [2.24, 2.45) is 0 Å². The van der Waals surface area contributed by atoms with Gasteiger partial charge in [0.05, 0.1) is 0 Å². The van der Waals surface area contributed by atoms with Gasteiger partial charge in [0.25, 0.3) is 0 Å². The second-order valence-corrected chi connectivity index (χ2v) is 6.60. The lowest BCUT2D eigenvalue weighted by atomic mass is 10.0. The van der Waals surface area contributed by atoms with Gasteiger partial charge in [-0.1, -0.05) is 78.9 Å². The van der Waals surface area contributed by atoms with Crippen LogP contribution in [0.3, 0.4) is 0 Å². The first-order valence-electron chi connectivity index (χ1n) is 9.45. The van der Waals surface area contributed by atoms with E-state index in [4.69, 9.17) is 9.47 Å². The molecule has 0 aromatic heterocycles. The largest absolute Gasteiger partial charge is 0.485 e. The van der Waals surface area contributed by atoms with Crippen molar-refractivity contribution in [2.45, 2.75) is 12.5 Å². The number of ether oxygens (including phenoxy) is 2. The van der Waals surface area contributed by atoms with Gasteiger partial charge >= 0.3 is 0 Å². The third-order valence-corrected chi connectivity index (χ3v) is 4.49. The van der Waals surface area contributed by atoms with Crippen molar-refractivity contribution >= 4 is 0 Å². The Morgan fingerprint density at radius 2 is 1.11 bits per heavy atom. The van der Waals surface area contributed by atoms with E-state index in [1.165, 1.54) is 5.56 Å². The highest BCUT2D eigenvalue weighted by atomic mass is 16.5. The van der Waals surface area contributed by atoms with Gasteiger partial charge in [0.15, 0.2) is 0 Å². The summed E-state index contributed by atoms with van der Waals surface area (Å²) in [4.78, 5) is 0. The van der Waals surface area contributed by atoms with Crippen LogP contribution in [0.2, 0.25) is 0 Å². The number of para-hydroxylation sites is 2. The molecule has 0 aliphatic rings. The molecule has 4 rings (SSSR count). The summed E-state index contributed by atoms with van der Waals surface area (Å²) in [6.07, 6.45) is 0.681. The molecule has 1 atom stereocenters. The summed E-state index contributed by atoms with van der Waals surface area (Å²) < 4.78 is 12.3. The Morgan fingerprint density at radius 3 is 1.79 bits per heavy atom. The summed E-state index contributed by atoms with van der Waals surface area (Å²) in [5, 5.41) is 0. The zero-order chi connectivity index (χ0) is 19.0. The molecule has 0 saturated carbocycles. The van der Waals surface area contributed by atoms with Crippen LogP contribution in [0.4, 0.5) is 0 Å². The normalized spacial score (nSPS) is 11.6. The molecular weight excluding hydrogens is 344 g/mol. The summed E-state index contributed by atoms with van der Waals surface area (Å²) in [5.41, 5.74) is 2.32. The maximum absolute atomic E-state index is 6.32. The van der Waals surface area contributed by atoms with Crippen LogP contribution >= 0.6 is 0 Å². The molecule has 138 valence electrons. The van der Waals surface area contributed by atoms with Crippen LogP contribution < -0.4 is 9.47 Å². The van der Waals surface area contributed by atoms with Crippen molar-refractivity contribution in [3.8, 4) is 17.2 Å². The van der Waals surface area contributed by atoms with Crippen molar-refractivity contribution < 1.29 is 9.47 Å². The van der Waals surface area contributed by atoms with E-state index in [2.05, 4.69) is 24.3 Å². The smallest absolute Gasteiger partial charge is 0.128 e. The fourth-order valence-corrected chi connectivity index (χ4v) is 3.13. The highest BCUT2D eigenvalue weighted by Gasteiger charge is 2.15. The van der Waals surface area contributed by atoms with Gasteiger partial charge in [0.2, 0.25) is 0 Å². The molecule has 2 nitrogen and oxygen atoms in total. The van der Waals surface area contributed by atoms with Crippen LogP contribution in [-0.2, 0) is 6.42 Å². The van der Waals surface area contributed by atoms with Gasteiger partial charge in [-0.05, 0) is 47.5 Å². The van der Waals surface area contributed by atoms with E-state index in [-0.39, 0.29) is 6.10 Å². The molecule has 4 aromatic carbocycles. The maximum Gasteiger partial charge on any atom is 0.128 e. The lowest BCUT2D eigenvalue weighted by Gasteiger charge is -2.20. The molecule has 0 fully saturated rings. The standard InChI is InChI=1S/C26H22O2/c1-4-12-22(13-5-1)26(28-24-16-8-3-9-17-24)20-21-11-10-18-25(19-21)27-23-14-6-2-7-15-23/h1-19,26H,20H2. The molecule has 0 aliphatic heterocycles. The third-order valence-electron chi connectivity index (χ3n) is 4.49. The lowest BCUT2D eigenvalue weighted by Crippen LogP contribution is -2.11. The minimum Gasteiger partial charge on any atom is -0.485 e. The molecule has 1 unspecified atom stereocenters. The summed E-state index contributed by atoms with van der Waals surface area (Å²) in [7, 11) is 0. The van der Waals surface area contributed by atoms with Gasteiger partial charge in [-0.25, -0.2) is 0 Å². The average Bonchev–Trinajstić information content (AvgIpc) is 2.76. The zero-order valence-corrected chi connectivity index (χ0v) is 15.6. The highest BCUT2D eigenvalue weighted by Crippen LogP contribution is 2.28. The third kappa shape index (κ3) is 4.80. The van der Waals surface area contributed by atoms with Gasteiger partial charge in [-0.2, -0.15) is 0 Å². The van der Waals surface area contributed by atoms with Crippen molar-refractivity contribution in [2.75, 3.05) is 0 Å². The van der Waals surface area contributed by atoms with E-state index < -0.39 is 0 Å². The van der Waals surface area contributed by atoms with Crippen molar-refractivity contribution in [3.05, 3.63) is 126 Å². The fourth-order valence-electron chi connectivity index (χ4n) is 3.13. The second-order valence-electron chi connectivity index (χ2n) is 6.60. The predicted molar refractivity (Wildman–Crippen MR) is 113 cm³/mol. The zero-order valence-electron chi connectivity index (χ0n) is 15.6. The molecule has 0 radical (unpaired) electrons. The highest BCUT2D eigenvalue weighted by molar-refractivity contribution is 5.35. The number of rotatable bonds is 7. The van der Waals surface area contributed by atoms with E-state index >= 15 is 0 Å². The fraction of sp³-hybridized carbons (Fsp3) is 0.0769. The van der Waals surface area contributed by atoms with Gasteiger partial charge in [-0.15, -0.1) is 0 Å². The van der Waals surface area contributed by atoms with Crippen molar-refractivity contribution in [1.82, 2.24) is 0 Å². The Hall–Kier alpha value is -3.52. The molecule has 0 heterocycles. The lowest BCUT2D eigenvalue weighted by molar-refractivity contribution is 0.206. The van der Waals surface area contributed by atoms with Gasteiger partial charge in [0, 0.05) is 6.42 Å². The molecule has 4 aromatic rings. The van der Waals surface area contributed by atoms with E-state index in [9.17, 15) is 0 Å². The van der Waals surface area contributed by atoms with E-state index in [1.54, 1.807) is 0 Å². The Labute approximate surface area is 166 Å². The summed E-state index contributed by atoms with van der Waals surface area (Å²) >= 11 is 0. The van der Waals surface area contributed by atoms with Crippen LogP contribution in [0, 0.1) is 0 Å². The van der Waals surface area contributed by atoms with Crippen LogP contribution in [0.25, 0.3) is 0 Å². The monoisotopic (exact) mass is 366 g/mol. The van der Waals surface area contributed by atoms with Crippen LogP contribution in [-0.4, -0.2) is 0 Å². The summed E-state index contributed by atoms with van der Waals surface area (Å²) in [5.74, 6) is 2.53. The molecule has 0 amide bonds. The van der Waals surface area contributed by atoms with Gasteiger partial charge in [-0.3, -0.25) is 0 Å². The van der Waals surface area contributed by atoms with Gasteiger partial charge < -0.3 is 9.47 Å². The average molecular weight is 366 g/mol. The van der Waals surface area contributed by atoms with Crippen LogP contribution in [0.1, 0.15) is 17.2 Å². The molecule has 0 spiro atoms. The SMILES string of the molecule is c1ccc(Oc2cccc(CC(Oc3ccccc3)c3ccccc3)c2)cc1. The maximum atomic E-state index is 6.32. The molecule has 0 N–H and O–H groups in total. The van der Waals surface area contributed by atoms with E-state index in [0.717, 1.165) is 29.2 Å². The summed E-state index contributed by atoms with van der Waals surface area (Å²) in [6.45, 7) is 0. The van der Waals surface area contributed by atoms with Crippen molar-refractivity contribution in [3.63, 3.8) is 0 Å². The Bertz CT molecular complexity index is 982. The molecule has 0 bridgehead atoms. The number of hydrogen-bond donors (Lipinski definition) is 0. The molecule has 0 aliphatic carbocycles. The molecule has 28 heavy (non-hydrogen) atoms. The van der Waals surface area contributed by atoms with Crippen LogP contribution in [0.5, 0.6) is 17.2 Å². The Kier molecular flexibility index (Phi) is 5.69. The first kappa shape index (κ1) is 17.9. The Morgan fingerprint density at radius 1 is 0.536 bits per heavy atom. The summed E-state index contributed by atoms with van der Waals surface area (Å²) in [6, 6.07) is 38.3. The quantitative estimate of drug-likeness (QED) is 0.356. The first-order valence-corrected chi connectivity index (χ1v) is 9.45. The number of benzene rings is 4. The predicted octanol–water partition coefficient (Wildman–Crippen LogP) is 6.84. The minimum atomic E-state index is -0.0735. The molecular formula is C26H22O2. The van der Waals surface area contributed by atoms with E-state index in [1.807, 2.05) is 91.0 Å². The molecule has 0 saturated heterocycles. The van der Waals surface area contributed by atoms with Gasteiger partial charge in [0.1, 0.15) is 23.4 Å². The second kappa shape index (κ2) is 8.92. The Balaban J connectivity index is 1.55. The van der Waals surface area contributed by atoms with E-state index in [0.29, 0.717) is 0 Å².